The number of nitrogens with one attached hydrogen (secondary N) is 1. The maximum atomic E-state index is 5.57. The van der Waals surface area contributed by atoms with E-state index in [1.807, 2.05) is 84.9 Å². The molecule has 3 aromatic carbocycles. The van der Waals surface area contributed by atoms with Gasteiger partial charge in [0.25, 0.3) is 0 Å². The molecular weight excluding hydrogens is 394 g/mol. The van der Waals surface area contributed by atoms with E-state index in [1.165, 1.54) is 0 Å². The van der Waals surface area contributed by atoms with E-state index in [0.717, 1.165) is 21.4 Å². The van der Waals surface area contributed by atoms with Crippen molar-refractivity contribution in [2.75, 3.05) is 10.3 Å². The standard InChI is InChI=1S/C20H16BrN3S/c21-17-9-7-8-16(14-17)15-22-24(19-12-5-2-6-13-19)20(25)23-18-10-3-1-4-11-18/h1-15H,(H,23,25)/b22-15+. The van der Waals surface area contributed by atoms with Gasteiger partial charge in [0.2, 0.25) is 0 Å². The van der Waals surface area contributed by atoms with Gasteiger partial charge < -0.3 is 5.32 Å². The number of hydrogen-bond donors (Lipinski definition) is 1. The number of benzene rings is 3. The van der Waals surface area contributed by atoms with E-state index in [1.54, 1.807) is 11.2 Å². The molecule has 1 N–H and O–H groups in total. The second-order valence-electron chi connectivity index (χ2n) is 5.24. The van der Waals surface area contributed by atoms with Crippen LogP contribution in [0.3, 0.4) is 0 Å². The van der Waals surface area contributed by atoms with Gasteiger partial charge in [0.15, 0.2) is 5.11 Å². The Bertz CT molecular complexity index is 866. The number of nitrogens with zero attached hydrogens (tertiary/aromatic N) is 2. The number of anilines is 2. The molecule has 0 unspecified atom stereocenters. The molecule has 3 aromatic rings. The highest BCUT2D eigenvalue weighted by molar-refractivity contribution is 9.10. The Morgan fingerprint density at radius 1 is 0.920 bits per heavy atom. The second-order valence-corrected chi connectivity index (χ2v) is 6.55. The van der Waals surface area contributed by atoms with Crippen LogP contribution in [0.15, 0.2) is 94.5 Å². The van der Waals surface area contributed by atoms with Crippen LogP contribution < -0.4 is 10.3 Å². The maximum absolute atomic E-state index is 5.57. The lowest BCUT2D eigenvalue weighted by molar-refractivity contribution is 1.15. The van der Waals surface area contributed by atoms with Crippen molar-refractivity contribution >= 4 is 50.8 Å². The molecule has 0 radical (unpaired) electrons. The molecule has 25 heavy (non-hydrogen) atoms. The Balaban J connectivity index is 1.86. The fourth-order valence-corrected chi connectivity index (χ4v) is 2.90. The molecule has 0 saturated carbocycles. The lowest BCUT2D eigenvalue weighted by Gasteiger charge is -2.20. The van der Waals surface area contributed by atoms with Crippen molar-refractivity contribution in [3.8, 4) is 0 Å². The highest BCUT2D eigenvalue weighted by atomic mass is 79.9. The third-order valence-corrected chi connectivity index (χ3v) is 4.16. The van der Waals surface area contributed by atoms with Gasteiger partial charge in [-0.25, -0.2) is 5.01 Å². The molecule has 0 fully saturated rings. The summed E-state index contributed by atoms with van der Waals surface area (Å²) in [6.45, 7) is 0. The summed E-state index contributed by atoms with van der Waals surface area (Å²) in [5.41, 5.74) is 2.80. The van der Waals surface area contributed by atoms with Gasteiger partial charge in [-0.15, -0.1) is 0 Å². The molecule has 0 saturated heterocycles. The largest absolute Gasteiger partial charge is 0.331 e. The van der Waals surface area contributed by atoms with E-state index in [4.69, 9.17) is 12.2 Å². The van der Waals surface area contributed by atoms with E-state index >= 15 is 0 Å². The van der Waals surface area contributed by atoms with E-state index in [2.05, 4.69) is 26.3 Å². The number of hydrazone groups is 1. The van der Waals surface area contributed by atoms with Gasteiger partial charge in [0, 0.05) is 10.2 Å². The van der Waals surface area contributed by atoms with Gasteiger partial charge in [0.05, 0.1) is 11.9 Å². The van der Waals surface area contributed by atoms with Crippen LogP contribution in [0.1, 0.15) is 5.56 Å². The molecule has 0 aliphatic heterocycles. The Hall–Kier alpha value is -2.50. The fraction of sp³-hybridized carbons (Fsp3) is 0. The van der Waals surface area contributed by atoms with Crippen LogP contribution in [0.2, 0.25) is 0 Å². The summed E-state index contributed by atoms with van der Waals surface area (Å²) < 4.78 is 1.01. The number of thiocarbonyl (C=S) groups is 1. The molecule has 0 bridgehead atoms. The molecule has 5 heteroatoms. The highest BCUT2D eigenvalue weighted by Gasteiger charge is 2.10. The van der Waals surface area contributed by atoms with Crippen molar-refractivity contribution in [1.29, 1.82) is 0 Å². The number of halogens is 1. The van der Waals surface area contributed by atoms with Crippen LogP contribution in [-0.4, -0.2) is 11.3 Å². The smallest absolute Gasteiger partial charge is 0.198 e. The lowest BCUT2D eigenvalue weighted by Crippen LogP contribution is -2.30. The number of para-hydroxylation sites is 2. The minimum absolute atomic E-state index is 0.503. The molecule has 3 nitrogen and oxygen atoms in total. The first kappa shape index (κ1) is 17.3. The summed E-state index contributed by atoms with van der Waals surface area (Å²) in [4.78, 5) is 0. The Labute approximate surface area is 161 Å². The second kappa shape index (κ2) is 8.55. The first-order valence-corrected chi connectivity index (χ1v) is 8.93. The number of hydrogen-bond acceptors (Lipinski definition) is 2. The first-order valence-electron chi connectivity index (χ1n) is 7.73. The van der Waals surface area contributed by atoms with E-state index in [-0.39, 0.29) is 0 Å². The Morgan fingerprint density at radius 3 is 2.28 bits per heavy atom. The predicted octanol–water partition coefficient (Wildman–Crippen LogP) is 5.69. The minimum atomic E-state index is 0.503. The molecular formula is C20H16BrN3S. The van der Waals surface area contributed by atoms with Gasteiger partial charge >= 0.3 is 0 Å². The van der Waals surface area contributed by atoms with Gasteiger partial charge in [-0.1, -0.05) is 64.5 Å². The van der Waals surface area contributed by atoms with Crippen LogP contribution in [0, 0.1) is 0 Å². The molecule has 3 rings (SSSR count). The zero-order chi connectivity index (χ0) is 17.5. The minimum Gasteiger partial charge on any atom is -0.331 e. The quantitative estimate of drug-likeness (QED) is 0.340. The summed E-state index contributed by atoms with van der Waals surface area (Å²) in [6.07, 6.45) is 1.79. The molecule has 0 heterocycles. The Morgan fingerprint density at radius 2 is 1.60 bits per heavy atom. The summed E-state index contributed by atoms with van der Waals surface area (Å²) in [5.74, 6) is 0. The van der Waals surface area contributed by atoms with Crippen LogP contribution in [0.25, 0.3) is 0 Å². The van der Waals surface area contributed by atoms with Gasteiger partial charge in [-0.05, 0) is 54.2 Å². The van der Waals surface area contributed by atoms with Crippen LogP contribution in [0.5, 0.6) is 0 Å². The van der Waals surface area contributed by atoms with Crippen molar-refractivity contribution in [3.63, 3.8) is 0 Å². The van der Waals surface area contributed by atoms with Crippen molar-refractivity contribution in [3.05, 3.63) is 95.0 Å². The molecule has 0 aliphatic carbocycles. The normalized spacial score (nSPS) is 10.6. The summed E-state index contributed by atoms with van der Waals surface area (Å²) in [5, 5.41) is 10.0. The van der Waals surface area contributed by atoms with Crippen LogP contribution in [0.4, 0.5) is 11.4 Å². The average molecular weight is 410 g/mol. The first-order chi connectivity index (χ1) is 12.2. The van der Waals surface area contributed by atoms with Crippen molar-refractivity contribution < 1.29 is 0 Å². The van der Waals surface area contributed by atoms with E-state index in [0.29, 0.717) is 5.11 Å². The monoisotopic (exact) mass is 409 g/mol. The van der Waals surface area contributed by atoms with Gasteiger partial charge in [-0.2, -0.15) is 5.10 Å². The molecule has 124 valence electrons. The van der Waals surface area contributed by atoms with Crippen molar-refractivity contribution in [2.45, 2.75) is 0 Å². The molecule has 0 amide bonds. The highest BCUT2D eigenvalue weighted by Crippen LogP contribution is 2.17. The molecule has 0 aliphatic rings. The van der Waals surface area contributed by atoms with Crippen molar-refractivity contribution in [1.82, 2.24) is 0 Å². The zero-order valence-electron chi connectivity index (χ0n) is 13.3. The SMILES string of the molecule is S=C(Nc1ccccc1)N(/N=C/c1cccc(Br)c1)c1ccccc1. The summed E-state index contributed by atoms with van der Waals surface area (Å²) in [6, 6.07) is 27.6. The topological polar surface area (TPSA) is 27.6 Å². The Kier molecular flexibility index (Phi) is 5.93. The van der Waals surface area contributed by atoms with E-state index in [9.17, 15) is 0 Å². The average Bonchev–Trinajstić information content (AvgIpc) is 2.64. The third kappa shape index (κ3) is 4.98. The molecule has 0 aromatic heterocycles. The molecule has 0 spiro atoms. The van der Waals surface area contributed by atoms with E-state index < -0.39 is 0 Å². The van der Waals surface area contributed by atoms with Crippen molar-refractivity contribution in [2.24, 2.45) is 5.10 Å². The zero-order valence-corrected chi connectivity index (χ0v) is 15.7. The lowest BCUT2D eigenvalue weighted by atomic mass is 10.2. The van der Waals surface area contributed by atoms with Gasteiger partial charge in [0.1, 0.15) is 0 Å². The maximum Gasteiger partial charge on any atom is 0.198 e. The third-order valence-electron chi connectivity index (χ3n) is 3.39. The van der Waals surface area contributed by atoms with Gasteiger partial charge in [-0.3, -0.25) is 0 Å². The molecule has 0 atom stereocenters. The van der Waals surface area contributed by atoms with Crippen LogP contribution >= 0.6 is 28.1 Å². The number of rotatable bonds is 4. The fourth-order valence-electron chi connectivity index (χ4n) is 2.21. The predicted molar refractivity (Wildman–Crippen MR) is 113 cm³/mol. The summed E-state index contributed by atoms with van der Waals surface area (Å²) >= 11 is 9.05. The van der Waals surface area contributed by atoms with Crippen LogP contribution in [-0.2, 0) is 0 Å². The summed E-state index contributed by atoms with van der Waals surface area (Å²) in [7, 11) is 0.